The highest BCUT2D eigenvalue weighted by atomic mass is 19.2. The summed E-state index contributed by atoms with van der Waals surface area (Å²) in [6, 6.07) is 7.28. The minimum Gasteiger partial charge on any atom is -0.325 e. The van der Waals surface area contributed by atoms with E-state index in [0.717, 1.165) is 12.1 Å². The Bertz CT molecular complexity index is 908. The second-order valence-electron chi connectivity index (χ2n) is 5.63. The number of nitrogens with one attached hydrogen (secondary N) is 1. The monoisotopic (exact) mass is 314 g/mol. The molecule has 0 unspecified atom stereocenters. The molecule has 0 bridgehead atoms. The van der Waals surface area contributed by atoms with E-state index in [0.29, 0.717) is 23.3 Å². The van der Waals surface area contributed by atoms with E-state index >= 15 is 0 Å². The van der Waals surface area contributed by atoms with Gasteiger partial charge >= 0.3 is 0 Å². The van der Waals surface area contributed by atoms with Gasteiger partial charge in [0.15, 0.2) is 17.3 Å². The van der Waals surface area contributed by atoms with Crippen molar-refractivity contribution in [1.82, 2.24) is 14.6 Å². The highest BCUT2D eigenvalue weighted by molar-refractivity contribution is 5.95. The maximum Gasteiger partial charge on any atom is 0.228 e. The normalized spacial score (nSPS) is 19.7. The van der Waals surface area contributed by atoms with Crippen LogP contribution in [0.4, 0.5) is 14.5 Å². The molecule has 1 amide bonds. The second-order valence-corrected chi connectivity index (χ2v) is 5.63. The number of rotatable bonds is 3. The molecular weight excluding hydrogens is 302 g/mol. The summed E-state index contributed by atoms with van der Waals surface area (Å²) in [7, 11) is 0. The van der Waals surface area contributed by atoms with Crippen LogP contribution in [0.2, 0.25) is 0 Å². The summed E-state index contributed by atoms with van der Waals surface area (Å²) in [5.41, 5.74) is 1.98. The van der Waals surface area contributed by atoms with E-state index in [1.807, 2.05) is 0 Å². The number of hydrogen-bond acceptors (Lipinski definition) is 3. The molecule has 1 saturated carbocycles. The average Bonchev–Trinajstić information content (AvgIpc) is 3.21. The Hall–Kier alpha value is -2.83. The van der Waals surface area contributed by atoms with Crippen molar-refractivity contribution in [2.75, 3.05) is 5.32 Å². The van der Waals surface area contributed by atoms with Crippen LogP contribution in [0.1, 0.15) is 17.9 Å². The summed E-state index contributed by atoms with van der Waals surface area (Å²) in [5, 5.41) is 10.5. The first kappa shape index (κ1) is 13.8. The van der Waals surface area contributed by atoms with Crippen LogP contribution in [0.25, 0.3) is 5.65 Å². The number of nitrogens with zero attached hydrogens (tertiary/aromatic N) is 3. The number of halogens is 2. The molecular formula is C16H12F2N4O. The van der Waals surface area contributed by atoms with Crippen molar-refractivity contribution in [3.8, 4) is 0 Å². The predicted octanol–water partition coefficient (Wildman–Crippen LogP) is 2.75. The fourth-order valence-electron chi connectivity index (χ4n) is 2.73. The molecule has 23 heavy (non-hydrogen) atoms. The van der Waals surface area contributed by atoms with Crippen LogP contribution in [-0.4, -0.2) is 20.5 Å². The summed E-state index contributed by atoms with van der Waals surface area (Å²) in [6.07, 6.45) is 3.90. The van der Waals surface area contributed by atoms with Crippen molar-refractivity contribution >= 4 is 17.2 Å². The van der Waals surface area contributed by atoms with E-state index in [4.69, 9.17) is 0 Å². The van der Waals surface area contributed by atoms with Gasteiger partial charge in [0, 0.05) is 12.1 Å². The maximum absolute atomic E-state index is 13.3. The molecule has 116 valence electrons. The number of anilines is 1. The van der Waals surface area contributed by atoms with Gasteiger partial charge in [0.05, 0.1) is 5.69 Å². The first-order chi connectivity index (χ1) is 11.1. The van der Waals surface area contributed by atoms with Crippen LogP contribution in [0, 0.1) is 17.6 Å². The molecule has 2 atom stereocenters. The number of carbonyl (C=O) groups is 1. The number of carbonyl (C=O) groups excluding carboxylic acids is 1. The zero-order chi connectivity index (χ0) is 16.0. The van der Waals surface area contributed by atoms with Gasteiger partial charge in [-0.25, -0.2) is 8.78 Å². The molecule has 0 radical (unpaired) electrons. The zero-order valence-electron chi connectivity index (χ0n) is 11.9. The maximum atomic E-state index is 13.3. The van der Waals surface area contributed by atoms with Crippen LogP contribution in [0.3, 0.4) is 0 Å². The van der Waals surface area contributed by atoms with Crippen molar-refractivity contribution in [3.05, 3.63) is 60.1 Å². The second kappa shape index (κ2) is 5.12. The number of benzene rings is 1. The SMILES string of the molecule is O=C(Nc1ccc2nncn2c1)[C@H]1C[C@H]1c1ccc(F)c(F)c1. The van der Waals surface area contributed by atoms with Crippen LogP contribution < -0.4 is 5.32 Å². The molecule has 2 aromatic heterocycles. The van der Waals surface area contributed by atoms with Gasteiger partial charge in [-0.2, -0.15) is 0 Å². The minimum absolute atomic E-state index is 0.0660. The Morgan fingerprint density at radius 3 is 2.91 bits per heavy atom. The molecule has 7 heteroatoms. The fourth-order valence-corrected chi connectivity index (χ4v) is 2.73. The Morgan fingerprint density at radius 1 is 1.22 bits per heavy atom. The molecule has 5 nitrogen and oxygen atoms in total. The third kappa shape index (κ3) is 2.54. The summed E-state index contributed by atoms with van der Waals surface area (Å²) >= 11 is 0. The number of amides is 1. The van der Waals surface area contributed by atoms with Crippen molar-refractivity contribution < 1.29 is 13.6 Å². The lowest BCUT2D eigenvalue weighted by molar-refractivity contribution is -0.117. The van der Waals surface area contributed by atoms with Gasteiger partial charge in [-0.15, -0.1) is 10.2 Å². The molecule has 0 aliphatic heterocycles. The molecule has 0 spiro atoms. The van der Waals surface area contributed by atoms with Crippen LogP contribution in [0.5, 0.6) is 0 Å². The Balaban J connectivity index is 1.46. The number of fused-ring (bicyclic) bond motifs is 1. The molecule has 1 N–H and O–H groups in total. The van der Waals surface area contributed by atoms with E-state index in [1.165, 1.54) is 6.07 Å². The van der Waals surface area contributed by atoms with Crippen molar-refractivity contribution in [1.29, 1.82) is 0 Å². The van der Waals surface area contributed by atoms with Gasteiger partial charge in [-0.05, 0) is 42.2 Å². The van der Waals surface area contributed by atoms with Gasteiger partial charge in [-0.3, -0.25) is 9.20 Å². The summed E-state index contributed by atoms with van der Waals surface area (Å²) in [4.78, 5) is 12.3. The lowest BCUT2D eigenvalue weighted by Gasteiger charge is -2.06. The molecule has 4 rings (SSSR count). The lowest BCUT2D eigenvalue weighted by atomic mass is 10.1. The standard InChI is InChI=1S/C16H12F2N4O/c17-13-3-1-9(5-14(13)18)11-6-12(11)16(23)20-10-2-4-15-21-19-8-22(15)7-10/h1-5,7-8,11-12H,6H2,(H,20,23)/t11-,12-/m0/s1. The Kier molecular flexibility index (Phi) is 3.07. The third-order valence-corrected chi connectivity index (χ3v) is 4.06. The van der Waals surface area contributed by atoms with Gasteiger partial charge in [-0.1, -0.05) is 6.07 Å². The van der Waals surface area contributed by atoms with Gasteiger partial charge in [0.25, 0.3) is 0 Å². The largest absolute Gasteiger partial charge is 0.325 e. The molecule has 3 aromatic rings. The number of pyridine rings is 1. The van der Waals surface area contributed by atoms with Crippen molar-refractivity contribution in [2.45, 2.75) is 12.3 Å². The van der Waals surface area contributed by atoms with Gasteiger partial charge in [0.1, 0.15) is 6.33 Å². The molecule has 1 aliphatic rings. The van der Waals surface area contributed by atoms with Gasteiger partial charge in [0.2, 0.25) is 5.91 Å². The highest BCUT2D eigenvalue weighted by Gasteiger charge is 2.44. The molecule has 2 heterocycles. The Labute approximate surface area is 130 Å². The average molecular weight is 314 g/mol. The molecule has 1 aliphatic carbocycles. The van der Waals surface area contributed by atoms with E-state index < -0.39 is 11.6 Å². The van der Waals surface area contributed by atoms with Crippen LogP contribution in [-0.2, 0) is 4.79 Å². The van der Waals surface area contributed by atoms with E-state index in [2.05, 4.69) is 15.5 Å². The third-order valence-electron chi connectivity index (χ3n) is 4.06. The lowest BCUT2D eigenvalue weighted by Crippen LogP contribution is -2.15. The zero-order valence-corrected chi connectivity index (χ0v) is 11.9. The van der Waals surface area contributed by atoms with Crippen LogP contribution >= 0.6 is 0 Å². The number of aromatic nitrogens is 3. The van der Waals surface area contributed by atoms with E-state index in [1.54, 1.807) is 29.1 Å². The molecule has 1 aromatic carbocycles. The fraction of sp³-hybridized carbons (Fsp3) is 0.188. The summed E-state index contributed by atoms with van der Waals surface area (Å²) < 4.78 is 27.9. The molecule has 1 fully saturated rings. The smallest absolute Gasteiger partial charge is 0.228 e. The number of hydrogen-bond donors (Lipinski definition) is 1. The summed E-state index contributed by atoms with van der Waals surface area (Å²) in [5.74, 6) is -2.18. The molecule has 0 saturated heterocycles. The quantitative estimate of drug-likeness (QED) is 0.808. The van der Waals surface area contributed by atoms with E-state index in [-0.39, 0.29) is 17.7 Å². The predicted molar refractivity (Wildman–Crippen MR) is 78.8 cm³/mol. The Morgan fingerprint density at radius 2 is 2.09 bits per heavy atom. The van der Waals surface area contributed by atoms with E-state index in [9.17, 15) is 13.6 Å². The minimum atomic E-state index is -0.883. The summed E-state index contributed by atoms with van der Waals surface area (Å²) in [6.45, 7) is 0. The van der Waals surface area contributed by atoms with Gasteiger partial charge < -0.3 is 5.32 Å². The van der Waals surface area contributed by atoms with Crippen molar-refractivity contribution in [3.63, 3.8) is 0 Å². The van der Waals surface area contributed by atoms with Crippen molar-refractivity contribution in [2.24, 2.45) is 5.92 Å². The highest BCUT2D eigenvalue weighted by Crippen LogP contribution is 2.48. The van der Waals surface area contributed by atoms with Crippen LogP contribution in [0.15, 0.2) is 42.9 Å². The topological polar surface area (TPSA) is 59.3 Å². The first-order valence-corrected chi connectivity index (χ1v) is 7.17. The first-order valence-electron chi connectivity index (χ1n) is 7.17.